The van der Waals surface area contributed by atoms with E-state index in [1.807, 2.05) is 0 Å². The Morgan fingerprint density at radius 3 is 2.61 bits per heavy atom. The highest BCUT2D eigenvalue weighted by atomic mass is 19.4. The number of carboxylic acids is 1. The highest BCUT2D eigenvalue weighted by Crippen LogP contribution is 2.37. The number of furan rings is 1. The third kappa shape index (κ3) is 2.05. The van der Waals surface area contributed by atoms with E-state index in [2.05, 4.69) is 0 Å². The topological polar surface area (TPSA) is 50.4 Å². The van der Waals surface area contributed by atoms with Gasteiger partial charge in [-0.1, -0.05) is 12.1 Å². The number of benzene rings is 1. The van der Waals surface area contributed by atoms with Crippen molar-refractivity contribution in [1.82, 2.24) is 0 Å². The van der Waals surface area contributed by atoms with Gasteiger partial charge in [0.2, 0.25) is 0 Å². The predicted octanol–water partition coefficient (Wildman–Crippen LogP) is 3.64. The molecule has 0 saturated heterocycles. The Morgan fingerprint density at radius 1 is 1.39 bits per heavy atom. The quantitative estimate of drug-likeness (QED) is 0.894. The van der Waals surface area contributed by atoms with Crippen LogP contribution in [0, 0.1) is 0 Å². The molecule has 0 saturated carbocycles. The molecule has 1 aromatic heterocycles. The van der Waals surface area contributed by atoms with Crippen LogP contribution in [-0.4, -0.2) is 11.1 Å². The lowest BCUT2D eigenvalue weighted by molar-refractivity contribution is -0.138. The molecule has 1 atom stereocenters. The van der Waals surface area contributed by atoms with Crippen LogP contribution in [0.15, 0.2) is 28.7 Å². The van der Waals surface area contributed by atoms with E-state index in [9.17, 15) is 18.0 Å². The first-order chi connectivity index (χ1) is 8.30. The fourth-order valence-corrected chi connectivity index (χ4v) is 1.64. The maximum absolute atomic E-state index is 12.7. The smallest absolute Gasteiger partial charge is 0.420 e. The summed E-state index contributed by atoms with van der Waals surface area (Å²) in [6.45, 7) is 1.35. The van der Waals surface area contributed by atoms with Crippen LogP contribution in [0.5, 0.6) is 0 Å². The number of alkyl halides is 3. The van der Waals surface area contributed by atoms with Gasteiger partial charge in [0, 0.05) is 5.39 Å². The van der Waals surface area contributed by atoms with Crippen molar-refractivity contribution < 1.29 is 27.5 Å². The largest absolute Gasteiger partial charge is 0.481 e. The summed E-state index contributed by atoms with van der Waals surface area (Å²) in [4.78, 5) is 10.8. The molecule has 0 radical (unpaired) electrons. The third-order valence-electron chi connectivity index (χ3n) is 2.67. The Hall–Kier alpha value is -1.98. The van der Waals surface area contributed by atoms with E-state index in [0.717, 1.165) is 6.07 Å². The minimum Gasteiger partial charge on any atom is -0.481 e. The van der Waals surface area contributed by atoms with Crippen LogP contribution in [0.1, 0.15) is 24.2 Å². The first kappa shape index (κ1) is 12.5. The van der Waals surface area contributed by atoms with Gasteiger partial charge in [-0.15, -0.1) is 0 Å². The molecule has 1 N–H and O–H groups in total. The van der Waals surface area contributed by atoms with Crippen molar-refractivity contribution in [2.75, 3.05) is 0 Å². The molecule has 0 fully saturated rings. The molecule has 0 amide bonds. The normalized spacial score (nSPS) is 13.8. The second kappa shape index (κ2) is 4.04. The molecule has 1 aromatic carbocycles. The molecule has 96 valence electrons. The average molecular weight is 258 g/mol. The molecule has 0 aliphatic rings. The lowest BCUT2D eigenvalue weighted by Crippen LogP contribution is -2.06. The van der Waals surface area contributed by atoms with E-state index in [0.29, 0.717) is 0 Å². The summed E-state index contributed by atoms with van der Waals surface area (Å²) < 4.78 is 43.2. The van der Waals surface area contributed by atoms with Crippen molar-refractivity contribution in [2.45, 2.75) is 19.0 Å². The van der Waals surface area contributed by atoms with Gasteiger partial charge in [-0.3, -0.25) is 4.79 Å². The monoisotopic (exact) mass is 258 g/mol. The number of rotatable bonds is 2. The molecule has 0 aliphatic heterocycles. The minimum absolute atomic E-state index is 0.00852. The molecule has 6 heteroatoms. The van der Waals surface area contributed by atoms with Gasteiger partial charge < -0.3 is 9.52 Å². The molecule has 2 rings (SSSR count). The molecule has 0 aliphatic carbocycles. The van der Waals surface area contributed by atoms with Crippen LogP contribution in [-0.2, 0) is 11.0 Å². The maximum atomic E-state index is 12.7. The lowest BCUT2D eigenvalue weighted by atomic mass is 10.1. The van der Waals surface area contributed by atoms with Gasteiger partial charge in [-0.25, -0.2) is 0 Å². The summed E-state index contributed by atoms with van der Waals surface area (Å²) in [6.07, 6.45) is -4.53. The van der Waals surface area contributed by atoms with E-state index in [-0.39, 0.29) is 16.7 Å². The number of carboxylic acid groups (broad SMARTS) is 1. The number of fused-ring (bicyclic) bond motifs is 1. The van der Waals surface area contributed by atoms with Crippen LogP contribution < -0.4 is 0 Å². The molecule has 2 aromatic rings. The number of para-hydroxylation sites is 1. The Kier molecular flexibility index (Phi) is 2.80. The molecule has 3 nitrogen and oxygen atoms in total. The van der Waals surface area contributed by atoms with Gasteiger partial charge in [0.15, 0.2) is 0 Å². The van der Waals surface area contributed by atoms with E-state index in [1.165, 1.54) is 25.1 Å². The van der Waals surface area contributed by atoms with Crippen LogP contribution in [0.2, 0.25) is 0 Å². The first-order valence-corrected chi connectivity index (χ1v) is 5.13. The Labute approximate surface area is 99.8 Å². The van der Waals surface area contributed by atoms with Crippen molar-refractivity contribution >= 4 is 16.9 Å². The SMILES string of the molecule is CC(C(=O)O)c1cc2cccc(C(F)(F)F)c2o1. The second-order valence-corrected chi connectivity index (χ2v) is 3.93. The Balaban J connectivity index is 2.62. The van der Waals surface area contributed by atoms with Gasteiger partial charge >= 0.3 is 12.1 Å². The van der Waals surface area contributed by atoms with Gasteiger partial charge in [-0.2, -0.15) is 13.2 Å². The van der Waals surface area contributed by atoms with Crippen LogP contribution in [0.4, 0.5) is 13.2 Å². The Morgan fingerprint density at radius 2 is 2.06 bits per heavy atom. The highest BCUT2D eigenvalue weighted by molar-refractivity contribution is 5.84. The van der Waals surface area contributed by atoms with Crippen molar-refractivity contribution in [1.29, 1.82) is 0 Å². The van der Waals surface area contributed by atoms with Crippen LogP contribution in [0.3, 0.4) is 0 Å². The molecule has 18 heavy (non-hydrogen) atoms. The number of halogens is 3. The lowest BCUT2D eigenvalue weighted by Gasteiger charge is -2.06. The fourth-order valence-electron chi connectivity index (χ4n) is 1.64. The summed E-state index contributed by atoms with van der Waals surface area (Å²) >= 11 is 0. The van der Waals surface area contributed by atoms with E-state index < -0.39 is 23.6 Å². The minimum atomic E-state index is -4.53. The standard InChI is InChI=1S/C12H9F3O3/c1-6(11(16)17)9-5-7-3-2-4-8(10(7)18-9)12(13,14)15/h2-6H,1H3,(H,16,17). The van der Waals surface area contributed by atoms with E-state index in [1.54, 1.807) is 0 Å². The maximum Gasteiger partial charge on any atom is 0.420 e. The first-order valence-electron chi connectivity index (χ1n) is 5.13. The predicted molar refractivity (Wildman–Crippen MR) is 57.3 cm³/mol. The summed E-state index contributed by atoms with van der Waals surface area (Å²) in [5, 5.41) is 9.05. The number of hydrogen-bond donors (Lipinski definition) is 1. The van der Waals surface area contributed by atoms with Gasteiger partial charge in [-0.05, 0) is 19.1 Å². The van der Waals surface area contributed by atoms with E-state index in [4.69, 9.17) is 9.52 Å². The molecule has 0 bridgehead atoms. The fraction of sp³-hybridized carbons (Fsp3) is 0.250. The molecular formula is C12H9F3O3. The van der Waals surface area contributed by atoms with Crippen molar-refractivity contribution in [2.24, 2.45) is 0 Å². The third-order valence-corrected chi connectivity index (χ3v) is 2.67. The van der Waals surface area contributed by atoms with Crippen molar-refractivity contribution in [3.8, 4) is 0 Å². The number of hydrogen-bond acceptors (Lipinski definition) is 2. The summed E-state index contributed by atoms with van der Waals surface area (Å²) in [5.74, 6) is -2.13. The highest BCUT2D eigenvalue weighted by Gasteiger charge is 2.34. The number of carbonyl (C=O) groups is 1. The van der Waals surface area contributed by atoms with Crippen LogP contribution >= 0.6 is 0 Å². The summed E-state index contributed by atoms with van der Waals surface area (Å²) in [7, 11) is 0. The van der Waals surface area contributed by atoms with Crippen molar-refractivity contribution in [3.05, 3.63) is 35.6 Å². The molecular weight excluding hydrogens is 249 g/mol. The van der Waals surface area contributed by atoms with E-state index >= 15 is 0 Å². The van der Waals surface area contributed by atoms with Gasteiger partial charge in [0.1, 0.15) is 17.3 Å². The van der Waals surface area contributed by atoms with Crippen molar-refractivity contribution in [3.63, 3.8) is 0 Å². The van der Waals surface area contributed by atoms with Gasteiger partial charge in [0.05, 0.1) is 5.56 Å². The zero-order valence-corrected chi connectivity index (χ0v) is 9.28. The molecule has 0 spiro atoms. The van der Waals surface area contributed by atoms with Crippen LogP contribution in [0.25, 0.3) is 11.0 Å². The molecule has 1 heterocycles. The summed E-state index contributed by atoms with van der Waals surface area (Å²) in [5.41, 5.74) is -1.23. The zero-order valence-electron chi connectivity index (χ0n) is 9.28. The summed E-state index contributed by atoms with van der Waals surface area (Å²) in [6, 6.07) is 4.94. The second-order valence-electron chi connectivity index (χ2n) is 3.93. The van der Waals surface area contributed by atoms with Gasteiger partial charge in [0.25, 0.3) is 0 Å². The Bertz CT molecular complexity index is 598. The zero-order chi connectivity index (χ0) is 13.5. The number of aliphatic carboxylic acids is 1. The average Bonchev–Trinajstić information content (AvgIpc) is 2.69. The molecule has 1 unspecified atom stereocenters.